The molecule has 8 nitrogen and oxygen atoms in total. The van der Waals surface area contributed by atoms with E-state index in [9.17, 15) is 4.79 Å². The third-order valence-corrected chi connectivity index (χ3v) is 5.40. The van der Waals surface area contributed by atoms with Gasteiger partial charge >= 0.3 is 0 Å². The molecule has 3 aromatic rings. The van der Waals surface area contributed by atoms with Gasteiger partial charge in [-0.15, -0.1) is 5.10 Å². The van der Waals surface area contributed by atoms with Gasteiger partial charge in [0.25, 0.3) is 0 Å². The van der Waals surface area contributed by atoms with Crippen LogP contribution in [0.3, 0.4) is 0 Å². The van der Waals surface area contributed by atoms with E-state index in [1.54, 1.807) is 28.9 Å². The zero-order valence-corrected chi connectivity index (χ0v) is 17.5. The van der Waals surface area contributed by atoms with Gasteiger partial charge in [-0.05, 0) is 48.4 Å². The number of nitrogens with zero attached hydrogens (tertiary/aromatic N) is 2. The molecule has 0 saturated heterocycles. The predicted octanol–water partition coefficient (Wildman–Crippen LogP) is 3.41. The van der Waals surface area contributed by atoms with Crippen molar-refractivity contribution < 1.29 is 19.0 Å². The molecule has 2 aromatic carbocycles. The van der Waals surface area contributed by atoms with Crippen LogP contribution in [0.4, 0.5) is 11.6 Å². The molecule has 0 bridgehead atoms. The fraction of sp³-hybridized carbons (Fsp3) is 0.238. The maximum atomic E-state index is 12.9. The van der Waals surface area contributed by atoms with Crippen LogP contribution in [0.1, 0.15) is 17.0 Å². The van der Waals surface area contributed by atoms with Gasteiger partial charge in [0.1, 0.15) is 5.82 Å². The first kappa shape index (κ1) is 19.9. The third kappa shape index (κ3) is 3.29. The SMILES string of the molecule is COc1cc(C2Cc3c(nn(-c4ccc(Cl)cc4)c3N)NC2=O)cc(OC)c1OC. The fourth-order valence-corrected chi connectivity index (χ4v) is 3.74. The first-order chi connectivity index (χ1) is 14.5. The first-order valence-electron chi connectivity index (χ1n) is 9.20. The number of benzene rings is 2. The van der Waals surface area contributed by atoms with Crippen molar-refractivity contribution >= 4 is 29.1 Å². The molecule has 1 aliphatic heterocycles. The Hall–Kier alpha value is -3.39. The molecule has 0 aliphatic carbocycles. The molecule has 0 radical (unpaired) electrons. The van der Waals surface area contributed by atoms with E-state index in [0.717, 1.165) is 16.8 Å². The number of ether oxygens (including phenoxy) is 3. The molecule has 9 heteroatoms. The van der Waals surface area contributed by atoms with Crippen molar-refractivity contribution in [1.82, 2.24) is 9.78 Å². The van der Waals surface area contributed by atoms with Crippen molar-refractivity contribution in [2.24, 2.45) is 0 Å². The summed E-state index contributed by atoms with van der Waals surface area (Å²) in [5, 5.41) is 7.95. The number of hydrogen-bond donors (Lipinski definition) is 2. The second-order valence-corrected chi connectivity index (χ2v) is 7.24. The summed E-state index contributed by atoms with van der Waals surface area (Å²) in [6.07, 6.45) is 0.388. The van der Waals surface area contributed by atoms with Crippen LogP contribution in [0.2, 0.25) is 5.02 Å². The quantitative estimate of drug-likeness (QED) is 0.645. The molecule has 0 spiro atoms. The van der Waals surface area contributed by atoms with Gasteiger partial charge in [-0.25, -0.2) is 4.68 Å². The van der Waals surface area contributed by atoms with E-state index in [2.05, 4.69) is 10.4 Å². The lowest BCUT2D eigenvalue weighted by atomic mass is 9.88. The van der Waals surface area contributed by atoms with E-state index in [1.807, 2.05) is 12.1 Å². The Morgan fingerprint density at radius 3 is 2.30 bits per heavy atom. The number of nitrogens with one attached hydrogen (secondary N) is 1. The van der Waals surface area contributed by atoms with E-state index < -0.39 is 5.92 Å². The minimum absolute atomic E-state index is 0.183. The molecule has 3 N–H and O–H groups in total. The van der Waals surface area contributed by atoms with Crippen LogP contribution in [-0.4, -0.2) is 37.0 Å². The predicted molar refractivity (Wildman–Crippen MR) is 114 cm³/mol. The van der Waals surface area contributed by atoms with Gasteiger partial charge in [0.2, 0.25) is 11.7 Å². The van der Waals surface area contributed by atoms with Crippen LogP contribution < -0.4 is 25.3 Å². The number of nitrogens with two attached hydrogens (primary N) is 1. The standard InChI is InChI=1S/C21H21ClN4O4/c1-28-16-8-11(9-17(29-2)18(16)30-3)14-10-15-19(23)26(25-20(15)24-21(14)27)13-6-4-12(22)5-7-13/h4-9,14H,10,23H2,1-3H3,(H,24,25,27). The maximum Gasteiger partial charge on any atom is 0.233 e. The number of carbonyl (C=O) groups is 1. The highest BCUT2D eigenvalue weighted by Gasteiger charge is 2.33. The van der Waals surface area contributed by atoms with Crippen molar-refractivity contribution in [1.29, 1.82) is 0 Å². The molecule has 1 amide bonds. The number of nitrogen functional groups attached to an aromatic ring is 1. The Bertz CT molecular complexity index is 1090. The summed E-state index contributed by atoms with van der Waals surface area (Å²) >= 11 is 5.97. The Kier molecular flexibility index (Phi) is 5.17. The van der Waals surface area contributed by atoms with E-state index in [0.29, 0.717) is 40.3 Å². The van der Waals surface area contributed by atoms with Gasteiger partial charge in [0.15, 0.2) is 17.3 Å². The number of methoxy groups -OCH3 is 3. The number of halogens is 1. The molecule has 156 valence electrons. The zero-order valence-electron chi connectivity index (χ0n) is 16.7. The van der Waals surface area contributed by atoms with Gasteiger partial charge in [-0.1, -0.05) is 11.6 Å². The molecule has 0 fully saturated rings. The van der Waals surface area contributed by atoms with Gasteiger partial charge < -0.3 is 25.3 Å². The zero-order chi connectivity index (χ0) is 21.4. The molecule has 2 heterocycles. The van der Waals surface area contributed by atoms with Crippen LogP contribution in [0.25, 0.3) is 5.69 Å². The first-order valence-corrected chi connectivity index (χ1v) is 9.58. The lowest BCUT2D eigenvalue weighted by Crippen LogP contribution is -2.28. The lowest BCUT2D eigenvalue weighted by Gasteiger charge is -2.23. The Morgan fingerprint density at radius 1 is 1.10 bits per heavy atom. The van der Waals surface area contributed by atoms with Crippen LogP contribution in [-0.2, 0) is 11.2 Å². The Labute approximate surface area is 178 Å². The number of fused-ring (bicyclic) bond motifs is 1. The summed E-state index contributed by atoms with van der Waals surface area (Å²) < 4.78 is 17.8. The number of rotatable bonds is 5. The summed E-state index contributed by atoms with van der Waals surface area (Å²) in [6.45, 7) is 0. The monoisotopic (exact) mass is 428 g/mol. The average Bonchev–Trinajstić information content (AvgIpc) is 3.07. The molecule has 1 aliphatic rings. The van der Waals surface area contributed by atoms with Crippen molar-refractivity contribution in [2.75, 3.05) is 32.4 Å². The number of anilines is 2. The van der Waals surface area contributed by atoms with Crippen LogP contribution >= 0.6 is 11.6 Å². The van der Waals surface area contributed by atoms with Crippen LogP contribution in [0, 0.1) is 0 Å². The minimum atomic E-state index is -0.489. The summed E-state index contributed by atoms with van der Waals surface area (Å²) in [5.41, 5.74) is 8.63. The summed E-state index contributed by atoms with van der Waals surface area (Å²) in [6, 6.07) is 10.7. The summed E-state index contributed by atoms with van der Waals surface area (Å²) in [5.74, 6) is 1.68. The van der Waals surface area contributed by atoms with Crippen molar-refractivity contribution in [3.05, 3.63) is 52.5 Å². The van der Waals surface area contributed by atoms with Crippen LogP contribution in [0.5, 0.6) is 17.2 Å². The molecular weight excluding hydrogens is 408 g/mol. The van der Waals surface area contributed by atoms with Gasteiger partial charge in [-0.3, -0.25) is 4.79 Å². The number of hydrogen-bond acceptors (Lipinski definition) is 6. The summed E-state index contributed by atoms with van der Waals surface area (Å²) in [7, 11) is 4.61. The fourth-order valence-electron chi connectivity index (χ4n) is 3.62. The van der Waals surface area contributed by atoms with Crippen molar-refractivity contribution in [3.63, 3.8) is 0 Å². The highest BCUT2D eigenvalue weighted by molar-refractivity contribution is 6.30. The van der Waals surface area contributed by atoms with E-state index in [4.69, 9.17) is 31.5 Å². The van der Waals surface area contributed by atoms with Gasteiger partial charge in [0, 0.05) is 10.6 Å². The maximum absolute atomic E-state index is 12.9. The third-order valence-electron chi connectivity index (χ3n) is 5.15. The minimum Gasteiger partial charge on any atom is -0.493 e. The van der Waals surface area contributed by atoms with Gasteiger partial charge in [-0.2, -0.15) is 0 Å². The van der Waals surface area contributed by atoms with Crippen molar-refractivity contribution in [2.45, 2.75) is 12.3 Å². The smallest absolute Gasteiger partial charge is 0.233 e. The normalized spacial score (nSPS) is 15.3. The van der Waals surface area contributed by atoms with Gasteiger partial charge in [0.05, 0.1) is 32.9 Å². The topological polar surface area (TPSA) is 101 Å². The number of carbonyl (C=O) groups excluding carboxylic acids is 1. The van der Waals surface area contributed by atoms with E-state index >= 15 is 0 Å². The average molecular weight is 429 g/mol. The number of amides is 1. The Balaban J connectivity index is 1.74. The largest absolute Gasteiger partial charge is 0.493 e. The van der Waals surface area contributed by atoms with Crippen LogP contribution in [0.15, 0.2) is 36.4 Å². The lowest BCUT2D eigenvalue weighted by molar-refractivity contribution is -0.117. The molecule has 1 atom stereocenters. The highest BCUT2D eigenvalue weighted by atomic mass is 35.5. The molecule has 0 saturated carbocycles. The second kappa shape index (κ2) is 7.79. The number of aromatic nitrogens is 2. The Morgan fingerprint density at radius 2 is 1.73 bits per heavy atom. The van der Waals surface area contributed by atoms with E-state index in [1.165, 1.54) is 21.3 Å². The molecular formula is C21H21ClN4O4. The molecule has 30 heavy (non-hydrogen) atoms. The van der Waals surface area contributed by atoms with E-state index in [-0.39, 0.29) is 5.91 Å². The molecule has 1 aromatic heterocycles. The van der Waals surface area contributed by atoms with Crippen molar-refractivity contribution in [3.8, 4) is 22.9 Å². The highest BCUT2D eigenvalue weighted by Crippen LogP contribution is 2.43. The summed E-state index contributed by atoms with van der Waals surface area (Å²) in [4.78, 5) is 12.9. The molecule has 4 rings (SSSR count). The molecule has 1 unspecified atom stereocenters. The second-order valence-electron chi connectivity index (χ2n) is 6.81.